The Labute approximate surface area is 197 Å². The van der Waals surface area contributed by atoms with Gasteiger partial charge in [-0.1, -0.05) is 17.8 Å². The lowest BCUT2D eigenvalue weighted by molar-refractivity contribution is 0.0985. The number of sulfonamides is 1. The van der Waals surface area contributed by atoms with Gasteiger partial charge in [0, 0.05) is 31.7 Å². The number of rotatable bonds is 7. The van der Waals surface area contributed by atoms with Crippen LogP contribution in [0.15, 0.2) is 47.4 Å². The van der Waals surface area contributed by atoms with Crippen molar-refractivity contribution in [3.8, 4) is 0 Å². The van der Waals surface area contributed by atoms with E-state index in [0.29, 0.717) is 47.1 Å². The lowest BCUT2D eigenvalue weighted by atomic mass is 10.2. The number of benzene rings is 2. The van der Waals surface area contributed by atoms with E-state index >= 15 is 0 Å². The van der Waals surface area contributed by atoms with Gasteiger partial charge >= 0.3 is 0 Å². The van der Waals surface area contributed by atoms with Gasteiger partial charge in [-0.2, -0.15) is 4.31 Å². The van der Waals surface area contributed by atoms with Gasteiger partial charge in [0.05, 0.1) is 15.1 Å². The molecule has 0 atom stereocenters. The Hall–Kier alpha value is -2.40. The molecule has 0 saturated carbocycles. The number of fused-ring (bicyclic) bond motifs is 1. The van der Waals surface area contributed by atoms with E-state index in [1.807, 2.05) is 19.0 Å². The van der Waals surface area contributed by atoms with Gasteiger partial charge in [0.2, 0.25) is 10.0 Å². The van der Waals surface area contributed by atoms with Gasteiger partial charge in [-0.25, -0.2) is 17.8 Å². The van der Waals surface area contributed by atoms with E-state index in [2.05, 4.69) is 4.98 Å². The first kappa shape index (κ1) is 23.7. The molecule has 2 heterocycles. The topological polar surface area (TPSA) is 73.8 Å². The van der Waals surface area contributed by atoms with Crippen LogP contribution in [0, 0.1) is 5.82 Å². The maximum atomic E-state index is 13.6. The molecule has 0 radical (unpaired) electrons. The lowest BCUT2D eigenvalue weighted by Gasteiger charge is -2.26. The Bertz CT molecular complexity index is 1240. The average molecular weight is 491 g/mol. The summed E-state index contributed by atoms with van der Waals surface area (Å²) in [6.45, 7) is 2.05. The minimum atomic E-state index is -3.56. The molecule has 1 fully saturated rings. The molecule has 0 unspecified atom stereocenters. The SMILES string of the molecule is CN(C)CCN(C(=O)c1ccc(S(=O)(=O)N2CCCCC2)cc1)c1nc2ccc(F)cc2s1. The molecule has 1 aliphatic heterocycles. The van der Waals surface area contributed by atoms with Gasteiger partial charge in [0.1, 0.15) is 5.82 Å². The summed E-state index contributed by atoms with van der Waals surface area (Å²) < 4.78 is 41.6. The molecule has 10 heteroatoms. The Morgan fingerprint density at radius 3 is 2.42 bits per heavy atom. The zero-order valence-electron chi connectivity index (χ0n) is 18.7. The number of anilines is 1. The molecular weight excluding hydrogens is 463 g/mol. The van der Waals surface area contributed by atoms with Crippen LogP contribution in [0.1, 0.15) is 29.6 Å². The summed E-state index contributed by atoms with van der Waals surface area (Å²) >= 11 is 1.25. The summed E-state index contributed by atoms with van der Waals surface area (Å²) in [4.78, 5) is 21.7. The molecule has 176 valence electrons. The van der Waals surface area contributed by atoms with Crippen molar-refractivity contribution in [1.29, 1.82) is 0 Å². The number of aromatic nitrogens is 1. The molecule has 0 N–H and O–H groups in total. The third-order valence-electron chi connectivity index (χ3n) is 5.64. The number of likely N-dealkylation sites (N-methyl/N-ethyl adjacent to an activating group) is 1. The lowest BCUT2D eigenvalue weighted by Crippen LogP contribution is -2.37. The van der Waals surface area contributed by atoms with Crippen LogP contribution in [0.3, 0.4) is 0 Å². The maximum absolute atomic E-state index is 13.6. The van der Waals surface area contributed by atoms with Gasteiger partial charge in [-0.15, -0.1) is 0 Å². The summed E-state index contributed by atoms with van der Waals surface area (Å²) in [5.41, 5.74) is 0.999. The molecule has 0 spiro atoms. The third-order valence-corrected chi connectivity index (χ3v) is 8.59. The van der Waals surface area contributed by atoms with Crippen molar-refractivity contribution in [2.75, 3.05) is 45.2 Å². The van der Waals surface area contributed by atoms with Crippen molar-refractivity contribution in [2.45, 2.75) is 24.2 Å². The first-order chi connectivity index (χ1) is 15.8. The Morgan fingerprint density at radius 2 is 1.76 bits per heavy atom. The van der Waals surface area contributed by atoms with E-state index in [9.17, 15) is 17.6 Å². The van der Waals surface area contributed by atoms with Gasteiger partial charge in [-0.3, -0.25) is 9.69 Å². The highest BCUT2D eigenvalue weighted by atomic mass is 32.2. The predicted molar refractivity (Wildman–Crippen MR) is 129 cm³/mol. The molecule has 0 bridgehead atoms. The van der Waals surface area contributed by atoms with Crippen molar-refractivity contribution in [2.24, 2.45) is 0 Å². The van der Waals surface area contributed by atoms with Crippen LogP contribution in [0.25, 0.3) is 10.2 Å². The molecule has 4 rings (SSSR count). The predicted octanol–water partition coefficient (Wildman–Crippen LogP) is 3.82. The van der Waals surface area contributed by atoms with Crippen LogP contribution in [0.4, 0.5) is 9.52 Å². The number of hydrogen-bond donors (Lipinski definition) is 0. The highest BCUT2D eigenvalue weighted by Gasteiger charge is 2.27. The molecule has 1 saturated heterocycles. The van der Waals surface area contributed by atoms with Crippen LogP contribution < -0.4 is 4.90 Å². The summed E-state index contributed by atoms with van der Waals surface area (Å²) in [5, 5.41) is 0.479. The van der Waals surface area contributed by atoms with E-state index in [0.717, 1.165) is 19.3 Å². The number of amides is 1. The summed E-state index contributed by atoms with van der Waals surface area (Å²) in [5.74, 6) is -0.632. The zero-order chi connectivity index (χ0) is 23.6. The van der Waals surface area contributed by atoms with E-state index in [1.165, 1.54) is 39.9 Å². The molecule has 2 aromatic carbocycles. The normalized spacial score (nSPS) is 15.3. The van der Waals surface area contributed by atoms with Crippen molar-refractivity contribution in [3.63, 3.8) is 0 Å². The van der Waals surface area contributed by atoms with Gasteiger partial charge in [0.25, 0.3) is 5.91 Å². The first-order valence-corrected chi connectivity index (χ1v) is 13.1. The van der Waals surface area contributed by atoms with Crippen LogP contribution >= 0.6 is 11.3 Å². The molecule has 1 aromatic heterocycles. The van der Waals surface area contributed by atoms with Crippen LogP contribution in [-0.4, -0.2) is 68.8 Å². The number of hydrogen-bond acceptors (Lipinski definition) is 6. The second kappa shape index (κ2) is 9.84. The molecular formula is C23H27FN4O3S2. The second-order valence-corrected chi connectivity index (χ2v) is 11.3. The van der Waals surface area contributed by atoms with Crippen molar-refractivity contribution >= 4 is 42.6 Å². The summed E-state index contributed by atoms with van der Waals surface area (Å²) in [7, 11) is 0.263. The van der Waals surface area contributed by atoms with Gasteiger partial charge < -0.3 is 4.90 Å². The highest BCUT2D eigenvalue weighted by molar-refractivity contribution is 7.89. The quantitative estimate of drug-likeness (QED) is 0.504. The second-order valence-electron chi connectivity index (χ2n) is 8.36. The molecule has 7 nitrogen and oxygen atoms in total. The monoisotopic (exact) mass is 490 g/mol. The van der Waals surface area contributed by atoms with Crippen LogP contribution in [0.5, 0.6) is 0 Å². The standard InChI is InChI=1S/C23H27FN4O3S2/c1-26(2)14-15-28(23-25-20-11-8-18(24)16-21(20)32-23)22(29)17-6-9-19(10-7-17)33(30,31)27-12-4-3-5-13-27/h6-11,16H,3-5,12-15H2,1-2H3. The molecule has 33 heavy (non-hydrogen) atoms. The minimum absolute atomic E-state index is 0.191. The molecule has 1 amide bonds. The van der Waals surface area contributed by atoms with Crippen molar-refractivity contribution in [1.82, 2.24) is 14.2 Å². The Kier molecular flexibility index (Phi) is 7.08. The molecule has 3 aromatic rings. The number of nitrogens with zero attached hydrogens (tertiary/aromatic N) is 4. The van der Waals surface area contributed by atoms with E-state index in [-0.39, 0.29) is 16.6 Å². The molecule has 0 aliphatic carbocycles. The largest absolute Gasteiger partial charge is 0.308 e. The van der Waals surface area contributed by atoms with Gasteiger partial charge in [-0.05, 0) is 69.4 Å². The smallest absolute Gasteiger partial charge is 0.260 e. The van der Waals surface area contributed by atoms with Crippen molar-refractivity contribution in [3.05, 3.63) is 53.8 Å². The number of carbonyl (C=O) groups excluding carboxylic acids is 1. The third kappa shape index (κ3) is 5.24. The zero-order valence-corrected chi connectivity index (χ0v) is 20.3. The average Bonchev–Trinajstić information content (AvgIpc) is 3.22. The fraction of sp³-hybridized carbons (Fsp3) is 0.391. The fourth-order valence-corrected chi connectivity index (χ4v) is 6.30. The van der Waals surface area contributed by atoms with Crippen molar-refractivity contribution < 1.29 is 17.6 Å². The van der Waals surface area contributed by atoms with E-state index in [4.69, 9.17) is 0 Å². The number of carbonyl (C=O) groups is 1. The minimum Gasteiger partial charge on any atom is -0.308 e. The van der Waals surface area contributed by atoms with Crippen LogP contribution in [-0.2, 0) is 10.0 Å². The molecule has 1 aliphatic rings. The Balaban J connectivity index is 1.61. The van der Waals surface area contributed by atoms with E-state index in [1.54, 1.807) is 23.1 Å². The number of thiazole rings is 1. The highest BCUT2D eigenvalue weighted by Crippen LogP contribution is 2.30. The van der Waals surface area contributed by atoms with Gasteiger partial charge in [0.15, 0.2) is 5.13 Å². The number of piperidine rings is 1. The van der Waals surface area contributed by atoms with E-state index < -0.39 is 10.0 Å². The van der Waals surface area contributed by atoms with Crippen LogP contribution in [0.2, 0.25) is 0 Å². The summed E-state index contributed by atoms with van der Waals surface area (Å²) in [6, 6.07) is 10.4. The first-order valence-electron chi connectivity index (χ1n) is 10.9. The fourth-order valence-electron chi connectivity index (χ4n) is 3.77. The summed E-state index contributed by atoms with van der Waals surface area (Å²) in [6.07, 6.45) is 2.77. The Morgan fingerprint density at radius 1 is 1.06 bits per heavy atom. The maximum Gasteiger partial charge on any atom is 0.260 e. The number of halogens is 1.